The van der Waals surface area contributed by atoms with Gasteiger partial charge in [-0.1, -0.05) is 18.2 Å². The lowest BCUT2D eigenvalue weighted by atomic mass is 10.2. The lowest BCUT2D eigenvalue weighted by Crippen LogP contribution is -1.99. The Morgan fingerprint density at radius 3 is 2.95 bits per heavy atom. The zero-order chi connectivity index (χ0) is 13.8. The van der Waals surface area contributed by atoms with Crippen LogP contribution in [0.5, 0.6) is 5.75 Å². The van der Waals surface area contributed by atoms with E-state index in [4.69, 9.17) is 14.9 Å². The maximum absolute atomic E-state index is 5.62. The van der Waals surface area contributed by atoms with Crippen molar-refractivity contribution >= 4 is 11.3 Å². The van der Waals surface area contributed by atoms with Gasteiger partial charge >= 0.3 is 0 Å². The monoisotopic (exact) mass is 287 g/mol. The molecule has 6 heteroatoms. The lowest BCUT2D eigenvalue weighted by molar-refractivity contribution is 0.264. The van der Waals surface area contributed by atoms with Crippen molar-refractivity contribution < 1.29 is 9.15 Å². The van der Waals surface area contributed by atoms with Crippen molar-refractivity contribution in [2.24, 2.45) is 5.73 Å². The Morgan fingerprint density at radius 2 is 2.15 bits per heavy atom. The molecule has 0 spiro atoms. The molecule has 2 heterocycles. The van der Waals surface area contributed by atoms with Gasteiger partial charge in [-0.25, -0.2) is 0 Å². The van der Waals surface area contributed by atoms with Gasteiger partial charge in [0.05, 0.1) is 4.88 Å². The maximum atomic E-state index is 5.62. The van der Waals surface area contributed by atoms with Gasteiger partial charge in [-0.3, -0.25) is 0 Å². The third-order valence-corrected chi connectivity index (χ3v) is 3.55. The summed E-state index contributed by atoms with van der Waals surface area (Å²) < 4.78 is 11.2. The Balaban J connectivity index is 1.66. The predicted molar refractivity (Wildman–Crippen MR) is 76.3 cm³/mol. The van der Waals surface area contributed by atoms with E-state index in [9.17, 15) is 0 Å². The molecule has 0 fully saturated rings. The summed E-state index contributed by atoms with van der Waals surface area (Å²) in [7, 11) is 0. The van der Waals surface area contributed by atoms with E-state index in [1.54, 1.807) is 11.3 Å². The van der Waals surface area contributed by atoms with Gasteiger partial charge in [0.15, 0.2) is 6.61 Å². The molecular formula is C14H13N3O2S. The summed E-state index contributed by atoms with van der Waals surface area (Å²) in [5.74, 6) is 1.71. The van der Waals surface area contributed by atoms with Crippen molar-refractivity contribution in [3.05, 3.63) is 53.2 Å². The topological polar surface area (TPSA) is 74.2 Å². The van der Waals surface area contributed by atoms with Crippen LogP contribution in [0.25, 0.3) is 10.8 Å². The Bertz CT molecular complexity index is 679. The summed E-state index contributed by atoms with van der Waals surface area (Å²) in [6.07, 6.45) is 0. The van der Waals surface area contributed by atoms with Crippen LogP contribution in [0.15, 0.2) is 46.2 Å². The summed E-state index contributed by atoms with van der Waals surface area (Å²) in [5, 5.41) is 9.93. The number of aromatic nitrogens is 2. The standard InChI is InChI=1S/C14H13N3O2S/c15-8-10-3-1-4-11(7-10)18-9-13-16-17-14(19-13)12-5-2-6-20-12/h1-7H,8-9,15H2. The fourth-order valence-electron chi connectivity index (χ4n) is 1.72. The molecule has 0 saturated heterocycles. The number of benzene rings is 1. The molecule has 0 aliphatic heterocycles. The zero-order valence-corrected chi connectivity index (χ0v) is 11.5. The van der Waals surface area contributed by atoms with Crippen LogP contribution in [0.2, 0.25) is 0 Å². The van der Waals surface area contributed by atoms with Gasteiger partial charge in [0.25, 0.3) is 11.8 Å². The van der Waals surface area contributed by atoms with Gasteiger partial charge in [0, 0.05) is 6.54 Å². The third kappa shape index (κ3) is 2.87. The minimum Gasteiger partial charge on any atom is -0.484 e. The molecule has 2 N–H and O–H groups in total. The molecule has 20 heavy (non-hydrogen) atoms. The summed E-state index contributed by atoms with van der Waals surface area (Å²) >= 11 is 1.56. The first-order valence-electron chi connectivity index (χ1n) is 6.13. The molecule has 1 aromatic carbocycles. The zero-order valence-electron chi connectivity index (χ0n) is 10.7. The number of rotatable bonds is 5. The second kappa shape index (κ2) is 5.85. The molecule has 0 atom stereocenters. The second-order valence-electron chi connectivity index (χ2n) is 4.12. The van der Waals surface area contributed by atoms with E-state index >= 15 is 0 Å². The van der Waals surface area contributed by atoms with Crippen molar-refractivity contribution in [2.45, 2.75) is 13.2 Å². The van der Waals surface area contributed by atoms with E-state index in [1.165, 1.54) is 0 Å². The molecular weight excluding hydrogens is 274 g/mol. The van der Waals surface area contributed by atoms with Crippen LogP contribution < -0.4 is 10.5 Å². The first-order chi connectivity index (χ1) is 9.85. The van der Waals surface area contributed by atoms with E-state index in [2.05, 4.69) is 10.2 Å². The normalized spacial score (nSPS) is 10.7. The van der Waals surface area contributed by atoms with Gasteiger partial charge in [-0.05, 0) is 29.1 Å². The second-order valence-corrected chi connectivity index (χ2v) is 5.07. The molecule has 5 nitrogen and oxygen atoms in total. The average Bonchev–Trinajstić information content (AvgIpc) is 3.16. The number of hydrogen-bond acceptors (Lipinski definition) is 6. The highest BCUT2D eigenvalue weighted by Gasteiger charge is 2.09. The SMILES string of the molecule is NCc1cccc(OCc2nnc(-c3cccs3)o2)c1. The molecule has 3 rings (SSSR count). The van der Waals surface area contributed by atoms with Crippen LogP contribution in [-0.4, -0.2) is 10.2 Å². The number of ether oxygens (including phenoxy) is 1. The van der Waals surface area contributed by atoms with Crippen molar-refractivity contribution in [1.82, 2.24) is 10.2 Å². The van der Waals surface area contributed by atoms with Crippen LogP contribution in [0, 0.1) is 0 Å². The Morgan fingerprint density at radius 1 is 1.20 bits per heavy atom. The minimum absolute atomic E-state index is 0.242. The summed E-state index contributed by atoms with van der Waals surface area (Å²) in [5.41, 5.74) is 6.61. The number of thiophene rings is 1. The van der Waals surface area contributed by atoms with E-state index in [0.29, 0.717) is 18.3 Å². The Kier molecular flexibility index (Phi) is 3.76. The highest BCUT2D eigenvalue weighted by molar-refractivity contribution is 7.13. The molecule has 0 radical (unpaired) electrons. The smallest absolute Gasteiger partial charge is 0.257 e. The summed E-state index contributed by atoms with van der Waals surface area (Å²) in [4.78, 5) is 0.953. The first kappa shape index (κ1) is 12.8. The molecule has 2 aromatic heterocycles. The summed E-state index contributed by atoms with van der Waals surface area (Å²) in [6, 6.07) is 11.5. The average molecular weight is 287 g/mol. The molecule has 102 valence electrons. The third-order valence-electron chi connectivity index (χ3n) is 2.70. The van der Waals surface area contributed by atoms with Crippen molar-refractivity contribution in [1.29, 1.82) is 0 Å². The molecule has 0 unspecified atom stereocenters. The van der Waals surface area contributed by atoms with Crippen LogP contribution in [0.3, 0.4) is 0 Å². The number of nitrogens with two attached hydrogens (primary N) is 1. The molecule has 0 saturated carbocycles. The maximum Gasteiger partial charge on any atom is 0.257 e. The van der Waals surface area contributed by atoms with Crippen molar-refractivity contribution in [3.8, 4) is 16.5 Å². The quantitative estimate of drug-likeness (QED) is 0.781. The highest BCUT2D eigenvalue weighted by atomic mass is 32.1. The van der Waals surface area contributed by atoms with Crippen LogP contribution in [0.4, 0.5) is 0 Å². The Labute approximate surface area is 120 Å². The van der Waals surface area contributed by atoms with Crippen LogP contribution >= 0.6 is 11.3 Å². The van der Waals surface area contributed by atoms with Crippen LogP contribution in [-0.2, 0) is 13.2 Å². The molecule has 0 aliphatic rings. The van der Waals surface area contributed by atoms with Gasteiger partial charge in [-0.15, -0.1) is 21.5 Å². The van der Waals surface area contributed by atoms with Gasteiger partial charge in [0.1, 0.15) is 5.75 Å². The predicted octanol–water partition coefficient (Wildman–Crippen LogP) is 2.84. The largest absolute Gasteiger partial charge is 0.484 e. The molecule has 0 aliphatic carbocycles. The van der Waals surface area contributed by atoms with Gasteiger partial charge < -0.3 is 14.9 Å². The fraction of sp³-hybridized carbons (Fsp3) is 0.143. The number of hydrogen-bond donors (Lipinski definition) is 1. The van der Waals surface area contributed by atoms with Crippen LogP contribution in [0.1, 0.15) is 11.5 Å². The highest BCUT2D eigenvalue weighted by Crippen LogP contribution is 2.23. The summed E-state index contributed by atoms with van der Waals surface area (Å²) in [6.45, 7) is 0.729. The van der Waals surface area contributed by atoms with Gasteiger partial charge in [0.2, 0.25) is 0 Å². The minimum atomic E-state index is 0.242. The fourth-order valence-corrected chi connectivity index (χ4v) is 2.36. The molecule has 0 bridgehead atoms. The van der Waals surface area contributed by atoms with E-state index in [-0.39, 0.29) is 6.61 Å². The van der Waals surface area contributed by atoms with Crippen molar-refractivity contribution in [3.63, 3.8) is 0 Å². The Hall–Kier alpha value is -2.18. The molecule has 0 amide bonds. The van der Waals surface area contributed by atoms with E-state index in [0.717, 1.165) is 16.2 Å². The lowest BCUT2D eigenvalue weighted by Gasteiger charge is -2.04. The van der Waals surface area contributed by atoms with E-state index in [1.807, 2.05) is 41.8 Å². The number of nitrogens with zero attached hydrogens (tertiary/aromatic N) is 2. The van der Waals surface area contributed by atoms with Gasteiger partial charge in [-0.2, -0.15) is 0 Å². The molecule has 3 aromatic rings. The van der Waals surface area contributed by atoms with Crippen molar-refractivity contribution in [2.75, 3.05) is 0 Å². The first-order valence-corrected chi connectivity index (χ1v) is 7.01. The van der Waals surface area contributed by atoms with E-state index < -0.39 is 0 Å².